The summed E-state index contributed by atoms with van der Waals surface area (Å²) in [5, 5.41) is 13.6. The molecular formula is C19H17Cl2N3O3S. The monoisotopic (exact) mass is 437 g/mol. The lowest BCUT2D eigenvalue weighted by molar-refractivity contribution is -0.113. The van der Waals surface area contributed by atoms with Crippen LogP contribution in [-0.2, 0) is 11.3 Å². The highest BCUT2D eigenvalue weighted by atomic mass is 35.5. The zero-order valence-corrected chi connectivity index (χ0v) is 17.0. The normalized spacial score (nSPS) is 11.0. The van der Waals surface area contributed by atoms with E-state index in [1.54, 1.807) is 42.5 Å². The summed E-state index contributed by atoms with van der Waals surface area (Å²) in [6.07, 6.45) is 0.417. The van der Waals surface area contributed by atoms with Crippen molar-refractivity contribution in [2.24, 2.45) is 0 Å². The van der Waals surface area contributed by atoms with Gasteiger partial charge in [0.05, 0.1) is 27.4 Å². The molecule has 0 aliphatic rings. The topological polar surface area (TPSA) is 84.2 Å². The van der Waals surface area contributed by atoms with Crippen LogP contribution in [0.5, 0.6) is 0 Å². The molecule has 6 nitrogen and oxygen atoms in total. The van der Waals surface area contributed by atoms with Crippen LogP contribution in [0.2, 0.25) is 10.0 Å². The number of thioether (sulfide) groups is 1. The molecule has 0 atom stereocenters. The van der Waals surface area contributed by atoms with Gasteiger partial charge in [0.2, 0.25) is 5.91 Å². The molecule has 0 aliphatic carbocycles. The minimum atomic E-state index is -0.287. The van der Waals surface area contributed by atoms with Gasteiger partial charge >= 0.3 is 0 Å². The lowest BCUT2D eigenvalue weighted by Gasteiger charge is -2.13. The summed E-state index contributed by atoms with van der Waals surface area (Å²) in [4.78, 5) is 29.6. The fourth-order valence-electron chi connectivity index (χ4n) is 2.59. The van der Waals surface area contributed by atoms with Crippen LogP contribution in [0.1, 0.15) is 6.42 Å². The van der Waals surface area contributed by atoms with E-state index in [1.807, 2.05) is 0 Å². The number of anilines is 1. The van der Waals surface area contributed by atoms with E-state index in [0.717, 1.165) is 11.8 Å². The lowest BCUT2D eigenvalue weighted by atomic mass is 10.2. The Kier molecular flexibility index (Phi) is 6.96. The van der Waals surface area contributed by atoms with E-state index in [1.165, 1.54) is 4.57 Å². The predicted octanol–water partition coefficient (Wildman–Crippen LogP) is 3.82. The smallest absolute Gasteiger partial charge is 0.262 e. The number of nitrogens with one attached hydrogen (secondary N) is 1. The average Bonchev–Trinajstić information content (AvgIpc) is 2.68. The number of rotatable bonds is 7. The Hall–Kier alpha value is -2.06. The van der Waals surface area contributed by atoms with Crippen molar-refractivity contribution in [3.05, 3.63) is 62.9 Å². The average molecular weight is 438 g/mol. The van der Waals surface area contributed by atoms with E-state index < -0.39 is 0 Å². The highest BCUT2D eigenvalue weighted by Crippen LogP contribution is 2.26. The number of hydrogen-bond donors (Lipinski definition) is 2. The minimum absolute atomic E-state index is 0.0427. The first-order chi connectivity index (χ1) is 13.5. The Morgan fingerprint density at radius 1 is 1.21 bits per heavy atom. The molecule has 0 bridgehead atoms. The van der Waals surface area contributed by atoms with Crippen LogP contribution < -0.4 is 10.9 Å². The fourth-order valence-corrected chi connectivity index (χ4v) is 3.87. The second kappa shape index (κ2) is 9.43. The molecule has 1 aromatic heterocycles. The van der Waals surface area contributed by atoms with Crippen molar-refractivity contribution in [2.45, 2.75) is 18.1 Å². The summed E-state index contributed by atoms with van der Waals surface area (Å²) in [7, 11) is 0. The summed E-state index contributed by atoms with van der Waals surface area (Å²) in [5.74, 6) is -0.242. The van der Waals surface area contributed by atoms with E-state index in [0.29, 0.717) is 44.8 Å². The van der Waals surface area contributed by atoms with Gasteiger partial charge in [0, 0.05) is 18.2 Å². The number of aliphatic hydroxyl groups excluding tert-OH is 1. The summed E-state index contributed by atoms with van der Waals surface area (Å²) < 4.78 is 1.49. The van der Waals surface area contributed by atoms with Crippen molar-refractivity contribution >= 4 is 57.5 Å². The quantitative estimate of drug-likeness (QED) is 0.433. The molecule has 0 spiro atoms. The molecule has 3 rings (SSSR count). The number of fused-ring (bicyclic) bond motifs is 1. The van der Waals surface area contributed by atoms with Gasteiger partial charge in [0.15, 0.2) is 5.16 Å². The summed E-state index contributed by atoms with van der Waals surface area (Å²) in [6.45, 7) is 0.277. The molecule has 0 fully saturated rings. The third-order valence-electron chi connectivity index (χ3n) is 3.90. The largest absolute Gasteiger partial charge is 0.396 e. The molecule has 0 saturated carbocycles. The summed E-state index contributed by atoms with van der Waals surface area (Å²) in [6, 6.07) is 11.8. The van der Waals surface area contributed by atoms with Crippen molar-refractivity contribution in [1.82, 2.24) is 9.55 Å². The number of nitrogens with zero attached hydrogens (tertiary/aromatic N) is 2. The highest BCUT2D eigenvalue weighted by Gasteiger charge is 2.14. The number of amides is 1. The SMILES string of the molecule is O=C(CSc1nc2ccccc2c(=O)n1CCCO)Nc1ccc(Cl)cc1Cl. The molecule has 3 aromatic rings. The van der Waals surface area contributed by atoms with Crippen molar-refractivity contribution in [1.29, 1.82) is 0 Å². The molecular weight excluding hydrogens is 421 g/mol. The number of carbonyl (C=O) groups is 1. The maximum absolute atomic E-state index is 12.8. The summed E-state index contributed by atoms with van der Waals surface area (Å²) >= 11 is 13.1. The second-order valence-corrected chi connectivity index (χ2v) is 7.69. The highest BCUT2D eigenvalue weighted by molar-refractivity contribution is 7.99. The lowest BCUT2D eigenvalue weighted by Crippen LogP contribution is -2.24. The number of para-hydroxylation sites is 1. The van der Waals surface area contributed by atoms with Gasteiger partial charge in [-0.15, -0.1) is 0 Å². The molecule has 28 heavy (non-hydrogen) atoms. The van der Waals surface area contributed by atoms with Crippen molar-refractivity contribution < 1.29 is 9.90 Å². The van der Waals surface area contributed by atoms with Gasteiger partial charge in [0.25, 0.3) is 5.56 Å². The molecule has 146 valence electrons. The number of benzene rings is 2. The fraction of sp³-hybridized carbons (Fsp3) is 0.211. The van der Waals surface area contributed by atoms with Crippen LogP contribution in [0.3, 0.4) is 0 Å². The molecule has 1 heterocycles. The first kappa shape index (κ1) is 20.7. The van der Waals surface area contributed by atoms with Crippen LogP contribution in [0.25, 0.3) is 10.9 Å². The van der Waals surface area contributed by atoms with Gasteiger partial charge in [-0.25, -0.2) is 4.98 Å². The van der Waals surface area contributed by atoms with Gasteiger partial charge < -0.3 is 10.4 Å². The third-order valence-corrected chi connectivity index (χ3v) is 5.43. The van der Waals surface area contributed by atoms with E-state index in [2.05, 4.69) is 10.3 Å². The van der Waals surface area contributed by atoms with E-state index in [-0.39, 0.29) is 23.8 Å². The Labute approximate surface area is 175 Å². The summed E-state index contributed by atoms with van der Waals surface area (Å²) in [5.41, 5.74) is 0.833. The Morgan fingerprint density at radius 3 is 2.75 bits per heavy atom. The second-order valence-electron chi connectivity index (χ2n) is 5.91. The van der Waals surface area contributed by atoms with Crippen molar-refractivity contribution in [3.8, 4) is 0 Å². The molecule has 0 radical (unpaired) electrons. The van der Waals surface area contributed by atoms with Gasteiger partial charge in [-0.2, -0.15) is 0 Å². The molecule has 2 N–H and O–H groups in total. The van der Waals surface area contributed by atoms with Gasteiger partial charge in [0.1, 0.15) is 0 Å². The number of aromatic nitrogens is 2. The van der Waals surface area contributed by atoms with E-state index in [9.17, 15) is 9.59 Å². The number of halogens is 2. The molecule has 1 amide bonds. The molecule has 2 aromatic carbocycles. The zero-order chi connectivity index (χ0) is 20.1. The zero-order valence-electron chi connectivity index (χ0n) is 14.7. The number of aliphatic hydroxyl groups is 1. The predicted molar refractivity (Wildman–Crippen MR) is 114 cm³/mol. The number of carbonyl (C=O) groups excluding carboxylic acids is 1. The van der Waals surface area contributed by atoms with Crippen molar-refractivity contribution in [2.75, 3.05) is 17.7 Å². The molecule has 0 saturated heterocycles. The van der Waals surface area contributed by atoms with Gasteiger partial charge in [-0.05, 0) is 36.8 Å². The van der Waals surface area contributed by atoms with Gasteiger partial charge in [-0.1, -0.05) is 47.1 Å². The van der Waals surface area contributed by atoms with E-state index in [4.69, 9.17) is 28.3 Å². The first-order valence-corrected chi connectivity index (χ1v) is 10.2. The maximum Gasteiger partial charge on any atom is 0.262 e. The van der Waals surface area contributed by atoms with Crippen LogP contribution in [0.15, 0.2) is 52.4 Å². The Morgan fingerprint density at radius 2 is 2.00 bits per heavy atom. The van der Waals surface area contributed by atoms with Crippen LogP contribution in [0.4, 0.5) is 5.69 Å². The Bertz CT molecular complexity index is 1070. The Balaban J connectivity index is 1.80. The molecule has 9 heteroatoms. The van der Waals surface area contributed by atoms with Crippen molar-refractivity contribution in [3.63, 3.8) is 0 Å². The minimum Gasteiger partial charge on any atom is -0.396 e. The molecule has 0 aliphatic heterocycles. The van der Waals surface area contributed by atoms with E-state index >= 15 is 0 Å². The van der Waals surface area contributed by atoms with Gasteiger partial charge in [-0.3, -0.25) is 14.2 Å². The van der Waals surface area contributed by atoms with Crippen LogP contribution >= 0.6 is 35.0 Å². The number of hydrogen-bond acceptors (Lipinski definition) is 5. The maximum atomic E-state index is 12.8. The van der Waals surface area contributed by atoms with Crippen LogP contribution in [0, 0.1) is 0 Å². The van der Waals surface area contributed by atoms with Crippen LogP contribution in [-0.4, -0.2) is 32.9 Å². The standard InChI is InChI=1S/C19H17Cl2N3O3S/c20-12-6-7-16(14(21)10-12)22-17(26)11-28-19-23-15-5-2-1-4-13(15)18(27)24(19)8-3-9-25/h1-2,4-7,10,25H,3,8-9,11H2,(H,22,26). The first-order valence-electron chi connectivity index (χ1n) is 8.47. The third kappa shape index (κ3) is 4.86. The molecule has 0 unspecified atom stereocenters.